The van der Waals surface area contributed by atoms with E-state index in [9.17, 15) is 8.42 Å². The van der Waals surface area contributed by atoms with E-state index in [1.54, 1.807) is 22.5 Å². The third kappa shape index (κ3) is 3.50. The first-order valence-electron chi connectivity index (χ1n) is 7.48. The van der Waals surface area contributed by atoms with E-state index in [-0.39, 0.29) is 12.0 Å². The Hall–Kier alpha value is -0.430. The van der Waals surface area contributed by atoms with Crippen LogP contribution in [-0.2, 0) is 10.0 Å². The zero-order chi connectivity index (χ0) is 15.5. The monoisotopic (exact) mass is 374 g/mol. The third-order valence-electron chi connectivity index (χ3n) is 4.28. The number of rotatable bonds is 5. The molecule has 4 nitrogen and oxygen atoms in total. The molecular formula is C15H23BrN2O2S. The fraction of sp³-hybridized carbons (Fsp3) is 0.600. The lowest BCUT2D eigenvalue weighted by Crippen LogP contribution is -2.47. The summed E-state index contributed by atoms with van der Waals surface area (Å²) in [4.78, 5) is 0.341. The van der Waals surface area contributed by atoms with Gasteiger partial charge < -0.3 is 5.73 Å². The Morgan fingerprint density at radius 3 is 2.57 bits per heavy atom. The molecule has 1 aromatic rings. The van der Waals surface area contributed by atoms with Gasteiger partial charge in [-0.3, -0.25) is 0 Å². The van der Waals surface area contributed by atoms with Crippen molar-refractivity contribution in [3.63, 3.8) is 0 Å². The summed E-state index contributed by atoms with van der Waals surface area (Å²) in [5.41, 5.74) is 5.87. The number of sulfonamides is 1. The highest BCUT2D eigenvalue weighted by molar-refractivity contribution is 9.10. The number of hydrogen-bond acceptors (Lipinski definition) is 3. The minimum atomic E-state index is -3.49. The van der Waals surface area contributed by atoms with Crippen molar-refractivity contribution in [1.29, 1.82) is 0 Å². The van der Waals surface area contributed by atoms with Crippen molar-refractivity contribution in [1.82, 2.24) is 4.31 Å². The normalized spacial score (nSPS) is 23.4. The van der Waals surface area contributed by atoms with E-state index < -0.39 is 10.0 Å². The zero-order valence-corrected chi connectivity index (χ0v) is 14.7. The van der Waals surface area contributed by atoms with Crippen LogP contribution in [0, 0.1) is 5.92 Å². The van der Waals surface area contributed by atoms with Crippen LogP contribution in [0.15, 0.2) is 33.6 Å². The van der Waals surface area contributed by atoms with E-state index >= 15 is 0 Å². The van der Waals surface area contributed by atoms with Gasteiger partial charge in [-0.2, -0.15) is 4.31 Å². The first-order chi connectivity index (χ1) is 10.0. The summed E-state index contributed by atoms with van der Waals surface area (Å²) in [5.74, 6) is 0.260. The van der Waals surface area contributed by atoms with E-state index in [1.165, 1.54) is 0 Å². The molecule has 0 spiro atoms. The standard InChI is InChI=1S/C15H23BrN2O2S/c1-2-18(14-9-5-3-7-12(14)11-17)21(19,20)15-10-6-4-8-13(15)16/h4,6,8,10,12,14H,2-3,5,7,9,11,17H2,1H3. The summed E-state index contributed by atoms with van der Waals surface area (Å²) in [7, 11) is -3.49. The minimum Gasteiger partial charge on any atom is -0.330 e. The van der Waals surface area contributed by atoms with Crippen LogP contribution in [-0.4, -0.2) is 31.9 Å². The summed E-state index contributed by atoms with van der Waals surface area (Å²) in [6, 6.07) is 7.02. The number of halogens is 1. The summed E-state index contributed by atoms with van der Waals surface area (Å²) < 4.78 is 28.3. The molecule has 0 saturated heterocycles. The van der Waals surface area contributed by atoms with Crippen molar-refractivity contribution < 1.29 is 8.42 Å². The topological polar surface area (TPSA) is 63.4 Å². The van der Waals surface area contributed by atoms with Gasteiger partial charge in [-0.1, -0.05) is 31.9 Å². The maximum absolute atomic E-state index is 13.0. The van der Waals surface area contributed by atoms with Crippen molar-refractivity contribution >= 4 is 26.0 Å². The van der Waals surface area contributed by atoms with Gasteiger partial charge in [0.15, 0.2) is 0 Å². The molecule has 2 unspecified atom stereocenters. The molecule has 1 aliphatic carbocycles. The Morgan fingerprint density at radius 1 is 1.29 bits per heavy atom. The lowest BCUT2D eigenvalue weighted by atomic mass is 9.84. The van der Waals surface area contributed by atoms with Crippen LogP contribution in [0.4, 0.5) is 0 Å². The molecule has 1 fully saturated rings. The van der Waals surface area contributed by atoms with Crippen molar-refractivity contribution in [2.45, 2.75) is 43.5 Å². The molecule has 118 valence electrons. The minimum absolute atomic E-state index is 0.0193. The van der Waals surface area contributed by atoms with Crippen molar-refractivity contribution in [2.75, 3.05) is 13.1 Å². The Bertz CT molecular complexity index is 577. The van der Waals surface area contributed by atoms with E-state index in [0.717, 1.165) is 25.7 Å². The van der Waals surface area contributed by atoms with Crippen LogP contribution in [0.2, 0.25) is 0 Å². The second-order valence-electron chi connectivity index (χ2n) is 5.49. The molecule has 0 aliphatic heterocycles. The fourth-order valence-corrected chi connectivity index (χ4v) is 5.90. The first kappa shape index (κ1) is 16.9. The summed E-state index contributed by atoms with van der Waals surface area (Å²) in [6.45, 7) is 2.92. The second kappa shape index (κ2) is 7.22. The maximum Gasteiger partial charge on any atom is 0.244 e. The van der Waals surface area contributed by atoms with Crippen molar-refractivity contribution in [2.24, 2.45) is 11.7 Å². The fourth-order valence-electron chi connectivity index (χ4n) is 3.21. The first-order valence-corrected chi connectivity index (χ1v) is 9.72. The molecule has 1 aromatic carbocycles. The molecular weight excluding hydrogens is 352 g/mol. The molecule has 21 heavy (non-hydrogen) atoms. The SMILES string of the molecule is CCN(C1CCCCC1CN)S(=O)(=O)c1ccccc1Br. The largest absolute Gasteiger partial charge is 0.330 e. The van der Waals surface area contributed by atoms with Gasteiger partial charge in [-0.25, -0.2) is 8.42 Å². The quantitative estimate of drug-likeness (QED) is 0.861. The zero-order valence-electron chi connectivity index (χ0n) is 12.3. The van der Waals surface area contributed by atoms with Gasteiger partial charge in [0.2, 0.25) is 10.0 Å². The van der Waals surface area contributed by atoms with Gasteiger partial charge in [0.05, 0.1) is 4.90 Å². The third-order valence-corrected chi connectivity index (χ3v) is 7.29. The number of benzene rings is 1. The molecule has 6 heteroatoms. The highest BCUT2D eigenvalue weighted by Crippen LogP contribution is 2.33. The van der Waals surface area contributed by atoms with Crippen LogP contribution >= 0.6 is 15.9 Å². The van der Waals surface area contributed by atoms with Crippen LogP contribution in [0.25, 0.3) is 0 Å². The van der Waals surface area contributed by atoms with Gasteiger partial charge in [0, 0.05) is 17.1 Å². The van der Waals surface area contributed by atoms with Crippen LogP contribution in [0.5, 0.6) is 0 Å². The summed E-state index contributed by atoms with van der Waals surface area (Å²) >= 11 is 3.36. The summed E-state index contributed by atoms with van der Waals surface area (Å²) in [6.07, 6.45) is 4.14. The lowest BCUT2D eigenvalue weighted by molar-refractivity contribution is 0.187. The molecule has 1 aliphatic rings. The number of hydrogen-bond donors (Lipinski definition) is 1. The Labute approximate surface area is 135 Å². The Balaban J connectivity index is 2.38. The Kier molecular flexibility index (Phi) is 5.82. The van der Waals surface area contributed by atoms with E-state index in [4.69, 9.17) is 5.73 Å². The van der Waals surface area contributed by atoms with Crippen molar-refractivity contribution in [3.8, 4) is 0 Å². The molecule has 1 saturated carbocycles. The average Bonchev–Trinajstić information content (AvgIpc) is 2.48. The highest BCUT2D eigenvalue weighted by Gasteiger charge is 2.36. The van der Waals surface area contributed by atoms with Crippen LogP contribution < -0.4 is 5.73 Å². The number of nitrogens with two attached hydrogens (primary N) is 1. The molecule has 0 radical (unpaired) electrons. The Morgan fingerprint density at radius 2 is 1.95 bits per heavy atom. The van der Waals surface area contributed by atoms with E-state index in [1.807, 2.05) is 13.0 Å². The van der Waals surface area contributed by atoms with E-state index in [2.05, 4.69) is 15.9 Å². The molecule has 2 rings (SSSR count). The average molecular weight is 375 g/mol. The van der Waals surface area contributed by atoms with Gasteiger partial charge >= 0.3 is 0 Å². The molecule has 0 bridgehead atoms. The second-order valence-corrected chi connectivity index (χ2v) is 8.20. The molecule has 0 heterocycles. The molecule has 2 N–H and O–H groups in total. The lowest BCUT2D eigenvalue weighted by Gasteiger charge is -2.38. The predicted molar refractivity (Wildman–Crippen MR) is 88.5 cm³/mol. The van der Waals surface area contributed by atoms with Gasteiger partial charge in [-0.15, -0.1) is 0 Å². The van der Waals surface area contributed by atoms with E-state index in [0.29, 0.717) is 22.5 Å². The van der Waals surface area contributed by atoms with Crippen LogP contribution in [0.1, 0.15) is 32.6 Å². The van der Waals surface area contributed by atoms with Gasteiger partial charge in [0.25, 0.3) is 0 Å². The number of nitrogens with zero attached hydrogens (tertiary/aromatic N) is 1. The molecule has 2 atom stereocenters. The summed E-state index contributed by atoms with van der Waals surface area (Å²) in [5, 5.41) is 0. The smallest absolute Gasteiger partial charge is 0.244 e. The molecule has 0 amide bonds. The maximum atomic E-state index is 13.0. The van der Waals surface area contributed by atoms with Crippen molar-refractivity contribution in [3.05, 3.63) is 28.7 Å². The van der Waals surface area contributed by atoms with Gasteiger partial charge in [-0.05, 0) is 53.4 Å². The van der Waals surface area contributed by atoms with Gasteiger partial charge in [0.1, 0.15) is 0 Å². The highest BCUT2D eigenvalue weighted by atomic mass is 79.9. The molecule has 0 aromatic heterocycles. The van der Waals surface area contributed by atoms with Crippen LogP contribution in [0.3, 0.4) is 0 Å². The predicted octanol–water partition coefficient (Wildman–Crippen LogP) is 2.98.